The minimum absolute atomic E-state index is 0.103. The molecule has 1 aromatic rings. The second-order valence-electron chi connectivity index (χ2n) is 7.35. The molecule has 6 nitrogen and oxygen atoms in total. The molecule has 1 atom stereocenters. The van der Waals surface area contributed by atoms with Crippen LogP contribution in [0.3, 0.4) is 0 Å². The van der Waals surface area contributed by atoms with Crippen LogP contribution in [0, 0.1) is 0 Å². The Morgan fingerprint density at radius 3 is 2.62 bits per heavy atom. The normalized spacial score (nSPS) is 21.7. The van der Waals surface area contributed by atoms with Crippen molar-refractivity contribution in [1.29, 1.82) is 0 Å². The molecule has 0 unspecified atom stereocenters. The average Bonchev–Trinajstić information content (AvgIpc) is 3.12. The van der Waals surface area contributed by atoms with Gasteiger partial charge >= 0.3 is 6.03 Å². The lowest BCUT2D eigenvalue weighted by atomic mass is 9.95. The van der Waals surface area contributed by atoms with Gasteiger partial charge in [-0.25, -0.2) is 4.79 Å². The Morgan fingerprint density at radius 2 is 1.96 bits per heavy atom. The molecule has 3 rings (SSSR count). The molecule has 1 N–H and O–H groups in total. The molecule has 1 aliphatic carbocycles. The van der Waals surface area contributed by atoms with Crippen molar-refractivity contribution in [3.63, 3.8) is 0 Å². The van der Waals surface area contributed by atoms with Crippen LogP contribution < -0.4 is 5.32 Å². The number of nitrogens with one attached hydrogen (secondary N) is 1. The molecule has 2 aliphatic rings. The lowest BCUT2D eigenvalue weighted by Crippen LogP contribution is -2.48. The third kappa shape index (κ3) is 4.08. The van der Waals surface area contributed by atoms with Crippen LogP contribution in [0.1, 0.15) is 88.8 Å². The van der Waals surface area contributed by atoms with Gasteiger partial charge < -0.3 is 14.7 Å². The first-order valence-electron chi connectivity index (χ1n) is 9.56. The van der Waals surface area contributed by atoms with Gasteiger partial charge in [-0.3, -0.25) is 0 Å². The molecular formula is C18H30N4O2. The first kappa shape index (κ1) is 17.2. The summed E-state index contributed by atoms with van der Waals surface area (Å²) in [7, 11) is 0. The van der Waals surface area contributed by atoms with E-state index in [-0.39, 0.29) is 11.9 Å². The van der Waals surface area contributed by atoms with E-state index in [1.807, 2.05) is 4.90 Å². The molecule has 2 heterocycles. The number of aromatic nitrogens is 2. The molecule has 1 saturated heterocycles. The maximum Gasteiger partial charge on any atom is 0.317 e. The Morgan fingerprint density at radius 1 is 1.25 bits per heavy atom. The maximum atomic E-state index is 12.4. The lowest BCUT2D eigenvalue weighted by Gasteiger charge is -2.32. The van der Waals surface area contributed by atoms with Gasteiger partial charge in [-0.15, -0.1) is 0 Å². The van der Waals surface area contributed by atoms with Crippen molar-refractivity contribution in [3.05, 3.63) is 11.7 Å². The number of rotatable bonds is 4. The molecule has 1 aliphatic heterocycles. The van der Waals surface area contributed by atoms with Crippen LogP contribution in [0.5, 0.6) is 0 Å². The zero-order valence-corrected chi connectivity index (χ0v) is 15.0. The maximum absolute atomic E-state index is 12.4. The van der Waals surface area contributed by atoms with Crippen molar-refractivity contribution in [2.75, 3.05) is 13.1 Å². The number of carbonyl (C=O) groups excluding carboxylic acids is 1. The highest BCUT2D eigenvalue weighted by Crippen LogP contribution is 2.28. The number of amides is 2. The largest absolute Gasteiger partial charge is 0.339 e. The molecular weight excluding hydrogens is 304 g/mol. The average molecular weight is 334 g/mol. The van der Waals surface area contributed by atoms with Gasteiger partial charge in [-0.2, -0.15) is 4.98 Å². The molecule has 0 bridgehead atoms. The Kier molecular flexibility index (Phi) is 5.74. The van der Waals surface area contributed by atoms with Crippen LogP contribution in [0.25, 0.3) is 0 Å². The van der Waals surface area contributed by atoms with Crippen LogP contribution in [-0.4, -0.2) is 40.2 Å². The fourth-order valence-corrected chi connectivity index (χ4v) is 3.64. The summed E-state index contributed by atoms with van der Waals surface area (Å²) in [6.45, 7) is 5.78. The van der Waals surface area contributed by atoms with E-state index in [9.17, 15) is 4.79 Å². The molecule has 0 spiro atoms. The Labute approximate surface area is 144 Å². The minimum Gasteiger partial charge on any atom is -0.339 e. The standard InChI is InChI=1S/C18H30N4O2/c1-3-13(2)16-20-17(24-21-16)14-9-11-22(12-10-14)18(23)19-15-7-5-4-6-8-15/h13-15H,3-12H2,1-2H3,(H,19,23)/t13-/m1/s1. The van der Waals surface area contributed by atoms with Crippen LogP contribution in [0.15, 0.2) is 4.52 Å². The highest BCUT2D eigenvalue weighted by Gasteiger charge is 2.29. The predicted octanol–water partition coefficient (Wildman–Crippen LogP) is 3.80. The second kappa shape index (κ2) is 7.99. The van der Waals surface area contributed by atoms with E-state index in [0.29, 0.717) is 12.0 Å². The fourth-order valence-electron chi connectivity index (χ4n) is 3.64. The summed E-state index contributed by atoms with van der Waals surface area (Å²) in [5.74, 6) is 2.18. The van der Waals surface area contributed by atoms with Gasteiger partial charge in [0.25, 0.3) is 0 Å². The first-order chi connectivity index (χ1) is 11.7. The van der Waals surface area contributed by atoms with Crippen LogP contribution in [0.2, 0.25) is 0 Å². The second-order valence-corrected chi connectivity index (χ2v) is 7.35. The molecule has 6 heteroatoms. The number of hydrogen-bond acceptors (Lipinski definition) is 4. The fraction of sp³-hybridized carbons (Fsp3) is 0.833. The van der Waals surface area contributed by atoms with Crippen molar-refractivity contribution >= 4 is 6.03 Å². The minimum atomic E-state index is 0.103. The van der Waals surface area contributed by atoms with Gasteiger partial charge in [-0.05, 0) is 32.1 Å². The summed E-state index contributed by atoms with van der Waals surface area (Å²) in [5.41, 5.74) is 0. The number of piperidine rings is 1. The molecule has 0 aromatic carbocycles. The van der Waals surface area contributed by atoms with E-state index in [1.165, 1.54) is 19.3 Å². The van der Waals surface area contributed by atoms with Gasteiger partial charge in [0.05, 0.1) is 0 Å². The lowest BCUT2D eigenvalue weighted by molar-refractivity contribution is 0.169. The van der Waals surface area contributed by atoms with Crippen molar-refractivity contribution < 1.29 is 9.32 Å². The van der Waals surface area contributed by atoms with Gasteiger partial charge in [0.1, 0.15) is 0 Å². The molecule has 1 saturated carbocycles. The predicted molar refractivity (Wildman–Crippen MR) is 92.0 cm³/mol. The van der Waals surface area contributed by atoms with Gasteiger partial charge in [0, 0.05) is 31.0 Å². The van der Waals surface area contributed by atoms with Gasteiger partial charge in [-0.1, -0.05) is 38.3 Å². The molecule has 2 fully saturated rings. The quantitative estimate of drug-likeness (QED) is 0.909. The van der Waals surface area contributed by atoms with Crippen molar-refractivity contribution in [2.45, 2.75) is 83.1 Å². The zero-order valence-electron chi connectivity index (χ0n) is 15.0. The summed E-state index contributed by atoms with van der Waals surface area (Å²) in [4.78, 5) is 18.9. The monoisotopic (exact) mass is 334 g/mol. The topological polar surface area (TPSA) is 71.3 Å². The Balaban J connectivity index is 1.48. The highest BCUT2D eigenvalue weighted by atomic mass is 16.5. The number of urea groups is 1. The summed E-state index contributed by atoms with van der Waals surface area (Å²) in [5, 5.41) is 7.32. The van der Waals surface area contributed by atoms with Crippen LogP contribution >= 0.6 is 0 Å². The van der Waals surface area contributed by atoms with Gasteiger partial charge in [0.15, 0.2) is 5.82 Å². The van der Waals surface area contributed by atoms with Gasteiger partial charge in [0.2, 0.25) is 5.89 Å². The molecule has 2 amide bonds. The number of hydrogen-bond donors (Lipinski definition) is 1. The van der Waals surface area contributed by atoms with E-state index >= 15 is 0 Å². The third-order valence-electron chi connectivity index (χ3n) is 5.57. The zero-order chi connectivity index (χ0) is 16.9. The number of carbonyl (C=O) groups is 1. The Bertz CT molecular complexity index is 531. The Hall–Kier alpha value is -1.59. The summed E-state index contributed by atoms with van der Waals surface area (Å²) >= 11 is 0. The molecule has 1 aromatic heterocycles. The van der Waals surface area contributed by atoms with E-state index in [2.05, 4.69) is 29.3 Å². The smallest absolute Gasteiger partial charge is 0.317 e. The summed E-state index contributed by atoms with van der Waals surface area (Å²) < 4.78 is 5.46. The number of likely N-dealkylation sites (tertiary alicyclic amines) is 1. The van der Waals surface area contributed by atoms with Crippen LogP contribution in [0.4, 0.5) is 4.79 Å². The molecule has 134 valence electrons. The van der Waals surface area contributed by atoms with Crippen molar-refractivity contribution in [2.24, 2.45) is 0 Å². The van der Waals surface area contributed by atoms with Crippen molar-refractivity contribution in [1.82, 2.24) is 20.4 Å². The van der Waals surface area contributed by atoms with E-state index < -0.39 is 0 Å². The van der Waals surface area contributed by atoms with Crippen molar-refractivity contribution in [3.8, 4) is 0 Å². The summed E-state index contributed by atoms with van der Waals surface area (Å²) in [6.07, 6.45) is 8.86. The van der Waals surface area contributed by atoms with Crippen LogP contribution in [-0.2, 0) is 0 Å². The molecule has 0 radical (unpaired) electrons. The first-order valence-corrected chi connectivity index (χ1v) is 9.56. The molecule has 24 heavy (non-hydrogen) atoms. The van der Waals surface area contributed by atoms with E-state index in [1.54, 1.807) is 0 Å². The SMILES string of the molecule is CC[C@@H](C)c1noc(C2CCN(C(=O)NC3CCCCC3)CC2)n1. The third-order valence-corrected chi connectivity index (χ3v) is 5.57. The van der Waals surface area contributed by atoms with E-state index in [4.69, 9.17) is 4.52 Å². The highest BCUT2D eigenvalue weighted by molar-refractivity contribution is 5.74. The summed E-state index contributed by atoms with van der Waals surface area (Å²) in [6, 6.07) is 0.476. The van der Waals surface area contributed by atoms with E-state index in [0.717, 1.165) is 56.9 Å². The number of nitrogens with zero attached hydrogens (tertiary/aromatic N) is 3.